The van der Waals surface area contributed by atoms with Crippen LogP contribution >= 0.6 is 0 Å². The molecule has 0 aliphatic carbocycles. The number of aliphatic hydroxyl groups excluding tert-OH is 1. The van der Waals surface area contributed by atoms with Crippen molar-refractivity contribution in [2.75, 3.05) is 13.2 Å². The molecule has 4 atom stereocenters. The van der Waals surface area contributed by atoms with Gasteiger partial charge in [-0.1, -0.05) is 42.3 Å². The molecule has 3 rings (SSSR count). The zero-order valence-corrected chi connectivity index (χ0v) is 15.5. The molecule has 0 aromatic heterocycles. The SMILES string of the molecule is C#CCO[C@@H]1[C@H](OC(=O)c2ccccc2)[C@@H](COC(=O)c2ccccc2)O[C@H]1O. The summed E-state index contributed by atoms with van der Waals surface area (Å²) < 4.78 is 21.6. The van der Waals surface area contributed by atoms with Gasteiger partial charge in [-0.3, -0.25) is 0 Å². The average Bonchev–Trinajstić information content (AvgIpc) is 3.05. The van der Waals surface area contributed by atoms with Crippen molar-refractivity contribution in [3.63, 3.8) is 0 Å². The van der Waals surface area contributed by atoms with Crippen LogP contribution in [0.4, 0.5) is 0 Å². The Morgan fingerprint density at radius 3 is 2.14 bits per heavy atom. The summed E-state index contributed by atoms with van der Waals surface area (Å²) in [6, 6.07) is 16.8. The highest BCUT2D eigenvalue weighted by Crippen LogP contribution is 2.27. The summed E-state index contributed by atoms with van der Waals surface area (Å²) in [6.45, 7) is -0.353. The Balaban J connectivity index is 1.70. The maximum Gasteiger partial charge on any atom is 0.338 e. The molecule has 29 heavy (non-hydrogen) atoms. The van der Waals surface area contributed by atoms with Gasteiger partial charge in [-0.2, -0.15) is 0 Å². The van der Waals surface area contributed by atoms with E-state index in [1.165, 1.54) is 0 Å². The lowest BCUT2D eigenvalue weighted by molar-refractivity contribution is -0.143. The first-order valence-electron chi connectivity index (χ1n) is 8.97. The topological polar surface area (TPSA) is 91.3 Å². The van der Waals surface area contributed by atoms with E-state index >= 15 is 0 Å². The molecule has 0 bridgehead atoms. The molecular formula is C22H20O7. The lowest BCUT2D eigenvalue weighted by Gasteiger charge is -2.22. The van der Waals surface area contributed by atoms with E-state index in [1.54, 1.807) is 60.7 Å². The Bertz CT molecular complexity index is 860. The third kappa shape index (κ3) is 5.21. The number of hydrogen-bond acceptors (Lipinski definition) is 7. The lowest BCUT2D eigenvalue weighted by Crippen LogP contribution is -2.41. The Morgan fingerprint density at radius 1 is 0.966 bits per heavy atom. The van der Waals surface area contributed by atoms with E-state index < -0.39 is 36.5 Å². The van der Waals surface area contributed by atoms with Crippen LogP contribution in [-0.4, -0.2) is 54.9 Å². The van der Waals surface area contributed by atoms with Crippen molar-refractivity contribution in [2.45, 2.75) is 24.6 Å². The number of carbonyl (C=O) groups excluding carboxylic acids is 2. The molecule has 2 aromatic carbocycles. The summed E-state index contributed by atoms with van der Waals surface area (Å²) in [4.78, 5) is 24.6. The van der Waals surface area contributed by atoms with Gasteiger partial charge in [0.05, 0.1) is 11.1 Å². The van der Waals surface area contributed by atoms with Crippen LogP contribution in [0.25, 0.3) is 0 Å². The molecule has 1 aliphatic heterocycles. The van der Waals surface area contributed by atoms with Crippen molar-refractivity contribution in [2.24, 2.45) is 0 Å². The molecule has 1 aliphatic rings. The predicted molar refractivity (Wildman–Crippen MR) is 102 cm³/mol. The highest BCUT2D eigenvalue weighted by atomic mass is 16.7. The van der Waals surface area contributed by atoms with Crippen LogP contribution in [0, 0.1) is 12.3 Å². The van der Waals surface area contributed by atoms with Gasteiger partial charge in [0.2, 0.25) is 0 Å². The monoisotopic (exact) mass is 396 g/mol. The number of esters is 2. The molecule has 7 heteroatoms. The summed E-state index contributed by atoms with van der Waals surface area (Å²) in [5.41, 5.74) is 0.689. The largest absolute Gasteiger partial charge is 0.459 e. The summed E-state index contributed by atoms with van der Waals surface area (Å²) in [5, 5.41) is 10.2. The minimum atomic E-state index is -1.39. The second-order valence-electron chi connectivity index (χ2n) is 6.25. The van der Waals surface area contributed by atoms with Gasteiger partial charge in [-0.15, -0.1) is 6.42 Å². The fraction of sp³-hybridized carbons (Fsp3) is 0.273. The van der Waals surface area contributed by atoms with Crippen LogP contribution in [0.1, 0.15) is 20.7 Å². The minimum absolute atomic E-state index is 0.110. The molecule has 7 nitrogen and oxygen atoms in total. The van der Waals surface area contributed by atoms with Crippen molar-refractivity contribution in [1.82, 2.24) is 0 Å². The van der Waals surface area contributed by atoms with E-state index in [0.29, 0.717) is 11.1 Å². The fourth-order valence-electron chi connectivity index (χ4n) is 2.89. The molecular weight excluding hydrogens is 376 g/mol. The number of carbonyl (C=O) groups is 2. The summed E-state index contributed by atoms with van der Waals surface area (Å²) in [6.07, 6.45) is 0.865. The average molecular weight is 396 g/mol. The molecule has 1 heterocycles. The first-order chi connectivity index (χ1) is 14.1. The molecule has 0 radical (unpaired) electrons. The van der Waals surface area contributed by atoms with Crippen molar-refractivity contribution in [1.29, 1.82) is 0 Å². The Morgan fingerprint density at radius 2 is 1.55 bits per heavy atom. The standard InChI is InChI=1S/C22H20O7/c1-2-13-26-19-18(29-21(24)16-11-7-4-8-12-16)17(28-22(19)25)14-27-20(23)15-9-5-3-6-10-15/h1,3-12,17-19,22,25H,13-14H2/t17-,18-,19-,22-/m1/s1. The fourth-order valence-corrected chi connectivity index (χ4v) is 2.89. The van der Waals surface area contributed by atoms with Crippen molar-refractivity contribution >= 4 is 11.9 Å². The lowest BCUT2D eigenvalue weighted by atomic mass is 10.1. The predicted octanol–water partition coefficient (Wildman–Crippen LogP) is 1.80. The number of aliphatic hydroxyl groups is 1. The highest BCUT2D eigenvalue weighted by molar-refractivity contribution is 5.90. The maximum atomic E-state index is 12.5. The van der Waals surface area contributed by atoms with Gasteiger partial charge in [0.15, 0.2) is 12.4 Å². The normalized spacial score (nSPS) is 23.2. The van der Waals surface area contributed by atoms with Crippen molar-refractivity contribution < 1.29 is 33.6 Å². The first-order valence-corrected chi connectivity index (χ1v) is 8.97. The van der Waals surface area contributed by atoms with Gasteiger partial charge in [0.1, 0.15) is 25.4 Å². The minimum Gasteiger partial charge on any atom is -0.459 e. The van der Waals surface area contributed by atoms with Gasteiger partial charge >= 0.3 is 11.9 Å². The highest BCUT2D eigenvalue weighted by Gasteiger charge is 2.48. The van der Waals surface area contributed by atoms with Crippen LogP contribution in [0.3, 0.4) is 0 Å². The Hall–Kier alpha value is -3.18. The molecule has 150 valence electrons. The first kappa shape index (κ1) is 20.6. The van der Waals surface area contributed by atoms with Gasteiger partial charge in [-0.05, 0) is 24.3 Å². The Kier molecular flexibility index (Phi) is 6.98. The van der Waals surface area contributed by atoms with E-state index in [4.69, 9.17) is 25.4 Å². The molecule has 1 N–H and O–H groups in total. The van der Waals surface area contributed by atoms with Crippen LogP contribution in [0.2, 0.25) is 0 Å². The van der Waals surface area contributed by atoms with E-state index in [1.807, 2.05) is 0 Å². The third-order valence-corrected chi connectivity index (χ3v) is 4.29. The number of benzene rings is 2. The summed E-state index contributed by atoms with van der Waals surface area (Å²) >= 11 is 0. The molecule has 1 saturated heterocycles. The zero-order valence-electron chi connectivity index (χ0n) is 15.5. The van der Waals surface area contributed by atoms with Crippen molar-refractivity contribution in [3.8, 4) is 12.3 Å². The van der Waals surface area contributed by atoms with Gasteiger partial charge in [-0.25, -0.2) is 9.59 Å². The van der Waals surface area contributed by atoms with E-state index in [0.717, 1.165) is 0 Å². The molecule has 2 aromatic rings. The molecule has 0 unspecified atom stereocenters. The number of hydrogen-bond donors (Lipinski definition) is 1. The summed E-state index contributed by atoms with van der Waals surface area (Å²) in [5.74, 6) is 1.10. The molecule has 0 amide bonds. The van der Waals surface area contributed by atoms with Crippen LogP contribution < -0.4 is 0 Å². The van der Waals surface area contributed by atoms with E-state index in [2.05, 4.69) is 5.92 Å². The van der Waals surface area contributed by atoms with E-state index in [9.17, 15) is 14.7 Å². The summed E-state index contributed by atoms with van der Waals surface area (Å²) in [7, 11) is 0. The van der Waals surface area contributed by atoms with Crippen LogP contribution in [0.5, 0.6) is 0 Å². The second-order valence-corrected chi connectivity index (χ2v) is 6.25. The smallest absolute Gasteiger partial charge is 0.338 e. The van der Waals surface area contributed by atoms with Crippen LogP contribution in [0.15, 0.2) is 60.7 Å². The molecule has 1 fully saturated rings. The maximum absolute atomic E-state index is 12.5. The number of ether oxygens (including phenoxy) is 4. The Labute approximate surface area is 168 Å². The van der Waals surface area contributed by atoms with Crippen LogP contribution in [-0.2, 0) is 18.9 Å². The third-order valence-electron chi connectivity index (χ3n) is 4.29. The number of terminal acetylenes is 1. The zero-order chi connectivity index (χ0) is 20.6. The quantitative estimate of drug-likeness (QED) is 0.564. The van der Waals surface area contributed by atoms with Crippen molar-refractivity contribution in [3.05, 3.63) is 71.8 Å². The van der Waals surface area contributed by atoms with E-state index in [-0.39, 0.29) is 13.2 Å². The number of rotatable bonds is 7. The van der Waals surface area contributed by atoms with Gasteiger partial charge in [0.25, 0.3) is 0 Å². The molecule has 0 spiro atoms. The van der Waals surface area contributed by atoms with Gasteiger partial charge < -0.3 is 24.1 Å². The molecule has 0 saturated carbocycles. The van der Waals surface area contributed by atoms with Gasteiger partial charge in [0, 0.05) is 0 Å². The second kappa shape index (κ2) is 9.85.